The molecule has 2 aromatic rings. The van der Waals surface area contributed by atoms with Crippen LogP contribution in [0.15, 0.2) is 47.1 Å². The van der Waals surface area contributed by atoms with Crippen LogP contribution in [0.2, 0.25) is 0 Å². The fourth-order valence-electron chi connectivity index (χ4n) is 1.77. The SMILES string of the molecule is O=C(/C=C/c1ccco1)NCCNC(=O)c1c(F)cccc1F. The van der Waals surface area contributed by atoms with Crippen LogP contribution in [0.3, 0.4) is 0 Å². The second kappa shape index (κ2) is 7.88. The highest BCUT2D eigenvalue weighted by Crippen LogP contribution is 2.11. The van der Waals surface area contributed by atoms with Crippen LogP contribution in [0, 0.1) is 11.6 Å². The molecule has 0 saturated carbocycles. The number of amides is 2. The summed E-state index contributed by atoms with van der Waals surface area (Å²) in [5.41, 5.74) is -0.642. The Morgan fingerprint density at radius 2 is 1.74 bits per heavy atom. The molecule has 1 aromatic carbocycles. The lowest BCUT2D eigenvalue weighted by Gasteiger charge is -2.07. The van der Waals surface area contributed by atoms with Gasteiger partial charge in [-0.25, -0.2) is 8.78 Å². The van der Waals surface area contributed by atoms with Gasteiger partial charge in [0.25, 0.3) is 5.91 Å². The number of nitrogens with one attached hydrogen (secondary N) is 2. The molecule has 1 aromatic heterocycles. The number of furan rings is 1. The molecule has 2 N–H and O–H groups in total. The van der Waals surface area contributed by atoms with Crippen molar-refractivity contribution in [3.05, 3.63) is 65.6 Å². The van der Waals surface area contributed by atoms with Gasteiger partial charge in [0.1, 0.15) is 23.0 Å². The average molecular weight is 320 g/mol. The predicted molar refractivity (Wildman–Crippen MR) is 79.4 cm³/mol. The number of carbonyl (C=O) groups is 2. The molecule has 0 radical (unpaired) electrons. The molecule has 2 amide bonds. The van der Waals surface area contributed by atoms with E-state index in [1.807, 2.05) is 0 Å². The molecule has 7 heteroatoms. The second-order valence-corrected chi connectivity index (χ2v) is 4.49. The molecule has 0 fully saturated rings. The van der Waals surface area contributed by atoms with Gasteiger partial charge in [-0.3, -0.25) is 9.59 Å². The Hall–Kier alpha value is -2.96. The monoisotopic (exact) mass is 320 g/mol. The zero-order valence-corrected chi connectivity index (χ0v) is 12.0. The summed E-state index contributed by atoms with van der Waals surface area (Å²) in [6.07, 6.45) is 4.24. The lowest BCUT2D eigenvalue weighted by Crippen LogP contribution is -2.34. The Bertz CT molecular complexity index is 692. The maximum absolute atomic E-state index is 13.4. The zero-order valence-electron chi connectivity index (χ0n) is 12.0. The van der Waals surface area contributed by atoms with Crippen LogP contribution in [-0.2, 0) is 4.79 Å². The summed E-state index contributed by atoms with van der Waals surface area (Å²) < 4.78 is 31.8. The smallest absolute Gasteiger partial charge is 0.257 e. The second-order valence-electron chi connectivity index (χ2n) is 4.49. The van der Waals surface area contributed by atoms with Crippen molar-refractivity contribution in [2.24, 2.45) is 0 Å². The third kappa shape index (κ3) is 4.77. The van der Waals surface area contributed by atoms with E-state index >= 15 is 0 Å². The lowest BCUT2D eigenvalue weighted by molar-refractivity contribution is -0.116. The van der Waals surface area contributed by atoms with Crippen molar-refractivity contribution in [2.45, 2.75) is 0 Å². The van der Waals surface area contributed by atoms with Gasteiger partial charge in [0.15, 0.2) is 0 Å². The van der Waals surface area contributed by atoms with E-state index in [4.69, 9.17) is 4.42 Å². The molecule has 2 rings (SSSR count). The molecular formula is C16H14F2N2O3. The Kier molecular flexibility index (Phi) is 5.62. The maximum atomic E-state index is 13.4. The van der Waals surface area contributed by atoms with Crippen molar-refractivity contribution in [2.75, 3.05) is 13.1 Å². The van der Waals surface area contributed by atoms with Crippen molar-refractivity contribution in [3.63, 3.8) is 0 Å². The van der Waals surface area contributed by atoms with E-state index in [1.165, 1.54) is 24.5 Å². The minimum absolute atomic E-state index is 0.0347. The maximum Gasteiger partial charge on any atom is 0.257 e. The summed E-state index contributed by atoms with van der Waals surface area (Å²) in [6, 6.07) is 6.55. The lowest BCUT2D eigenvalue weighted by atomic mass is 10.2. The molecule has 0 bridgehead atoms. The van der Waals surface area contributed by atoms with E-state index in [9.17, 15) is 18.4 Å². The largest absolute Gasteiger partial charge is 0.465 e. The van der Waals surface area contributed by atoms with Gasteiger partial charge >= 0.3 is 0 Å². The van der Waals surface area contributed by atoms with E-state index in [0.717, 1.165) is 12.1 Å². The Morgan fingerprint density at radius 3 is 2.39 bits per heavy atom. The summed E-state index contributed by atoms with van der Waals surface area (Å²) in [5, 5.41) is 4.84. The summed E-state index contributed by atoms with van der Waals surface area (Å²) in [7, 11) is 0. The molecule has 0 aliphatic rings. The molecule has 0 saturated heterocycles. The van der Waals surface area contributed by atoms with Gasteiger partial charge in [-0.2, -0.15) is 0 Å². The Balaban J connectivity index is 1.75. The van der Waals surface area contributed by atoms with Crippen LogP contribution >= 0.6 is 0 Å². The predicted octanol–water partition coefficient (Wildman–Crippen LogP) is 2.12. The first-order valence-electron chi connectivity index (χ1n) is 6.79. The quantitative estimate of drug-likeness (QED) is 0.632. The summed E-state index contributed by atoms with van der Waals surface area (Å²) in [5.74, 6) is -2.60. The van der Waals surface area contributed by atoms with Gasteiger partial charge in [-0.1, -0.05) is 6.07 Å². The molecule has 1 heterocycles. The van der Waals surface area contributed by atoms with Gasteiger partial charge in [-0.15, -0.1) is 0 Å². The molecule has 0 aliphatic heterocycles. The number of rotatable bonds is 6. The first-order valence-corrected chi connectivity index (χ1v) is 6.79. The van der Waals surface area contributed by atoms with E-state index < -0.39 is 23.1 Å². The highest BCUT2D eigenvalue weighted by Gasteiger charge is 2.16. The molecule has 0 aliphatic carbocycles. The number of carbonyl (C=O) groups excluding carboxylic acids is 2. The van der Waals surface area contributed by atoms with Crippen molar-refractivity contribution in [1.29, 1.82) is 0 Å². The summed E-state index contributed by atoms with van der Waals surface area (Å²) in [4.78, 5) is 23.2. The fraction of sp³-hybridized carbons (Fsp3) is 0.125. The van der Waals surface area contributed by atoms with Gasteiger partial charge in [0, 0.05) is 19.2 Å². The molecule has 0 spiro atoms. The van der Waals surface area contributed by atoms with Crippen LogP contribution < -0.4 is 10.6 Å². The topological polar surface area (TPSA) is 71.3 Å². The van der Waals surface area contributed by atoms with Gasteiger partial charge in [-0.05, 0) is 30.3 Å². The van der Waals surface area contributed by atoms with Crippen LogP contribution in [0.25, 0.3) is 6.08 Å². The molecule has 0 unspecified atom stereocenters. The van der Waals surface area contributed by atoms with Crippen molar-refractivity contribution >= 4 is 17.9 Å². The fourth-order valence-corrected chi connectivity index (χ4v) is 1.77. The third-order valence-corrected chi connectivity index (χ3v) is 2.84. The van der Waals surface area contributed by atoms with E-state index in [-0.39, 0.29) is 19.0 Å². The Morgan fingerprint density at radius 1 is 1.04 bits per heavy atom. The standard InChI is InChI=1S/C16H14F2N2O3/c17-12-4-1-5-13(18)15(12)16(22)20-9-8-19-14(21)7-6-11-3-2-10-23-11/h1-7,10H,8-9H2,(H,19,21)(H,20,22)/b7-6+. The Labute approximate surface area is 131 Å². The first-order chi connectivity index (χ1) is 11.1. The van der Waals surface area contributed by atoms with Crippen LogP contribution in [0.4, 0.5) is 8.78 Å². The van der Waals surface area contributed by atoms with E-state index in [2.05, 4.69) is 10.6 Å². The van der Waals surface area contributed by atoms with Crippen LogP contribution in [0.5, 0.6) is 0 Å². The van der Waals surface area contributed by atoms with Crippen molar-refractivity contribution in [3.8, 4) is 0 Å². The normalized spacial score (nSPS) is 10.7. The first kappa shape index (κ1) is 16.4. The average Bonchev–Trinajstić information content (AvgIpc) is 3.03. The highest BCUT2D eigenvalue weighted by atomic mass is 19.1. The number of benzene rings is 1. The highest BCUT2D eigenvalue weighted by molar-refractivity contribution is 5.95. The zero-order chi connectivity index (χ0) is 16.7. The summed E-state index contributed by atoms with van der Waals surface area (Å²) >= 11 is 0. The minimum Gasteiger partial charge on any atom is -0.465 e. The van der Waals surface area contributed by atoms with Gasteiger partial charge in [0.2, 0.25) is 5.91 Å². The molecule has 23 heavy (non-hydrogen) atoms. The summed E-state index contributed by atoms with van der Waals surface area (Å²) in [6.45, 7) is 0.149. The van der Waals surface area contributed by atoms with Crippen molar-refractivity contribution in [1.82, 2.24) is 10.6 Å². The molecule has 0 atom stereocenters. The minimum atomic E-state index is -0.937. The molecular weight excluding hydrogens is 306 g/mol. The van der Waals surface area contributed by atoms with E-state index in [0.29, 0.717) is 5.76 Å². The van der Waals surface area contributed by atoms with Gasteiger partial charge < -0.3 is 15.1 Å². The molecule has 120 valence electrons. The van der Waals surface area contributed by atoms with E-state index in [1.54, 1.807) is 12.1 Å². The number of hydrogen-bond donors (Lipinski definition) is 2. The number of hydrogen-bond acceptors (Lipinski definition) is 3. The number of halogens is 2. The molecule has 5 nitrogen and oxygen atoms in total. The van der Waals surface area contributed by atoms with Crippen LogP contribution in [0.1, 0.15) is 16.1 Å². The van der Waals surface area contributed by atoms with Crippen molar-refractivity contribution < 1.29 is 22.8 Å². The third-order valence-electron chi connectivity index (χ3n) is 2.84. The van der Waals surface area contributed by atoms with Gasteiger partial charge in [0.05, 0.1) is 6.26 Å². The van der Waals surface area contributed by atoms with Crippen LogP contribution in [-0.4, -0.2) is 24.9 Å².